The first kappa shape index (κ1) is 11.5. The minimum absolute atomic E-state index is 0.229. The van der Waals surface area contributed by atoms with Crippen LogP contribution >= 0.6 is 0 Å². The number of sulfonamides is 1. The van der Waals surface area contributed by atoms with E-state index in [4.69, 9.17) is 5.11 Å². The first-order valence-electron chi connectivity index (χ1n) is 5.02. The van der Waals surface area contributed by atoms with E-state index < -0.39 is 15.3 Å². The highest BCUT2D eigenvalue weighted by atomic mass is 32.2. The van der Waals surface area contributed by atoms with Crippen LogP contribution in [0, 0.1) is 0 Å². The average Bonchev–Trinajstić information content (AvgIpc) is 2.74. The summed E-state index contributed by atoms with van der Waals surface area (Å²) in [5.41, 5.74) is 0. The molecule has 2 rings (SSSR count). The zero-order chi connectivity index (χ0) is 11.8. The molecule has 0 saturated carbocycles. The van der Waals surface area contributed by atoms with Crippen molar-refractivity contribution in [3.05, 3.63) is 12.2 Å². The van der Waals surface area contributed by atoms with Crippen molar-refractivity contribution < 1.29 is 13.5 Å². The fraction of sp³-hybridized carbons (Fsp3) is 0.750. The van der Waals surface area contributed by atoms with Gasteiger partial charge in [0.1, 0.15) is 12.2 Å². The Morgan fingerprint density at radius 3 is 3.00 bits per heavy atom. The third-order valence-corrected chi connectivity index (χ3v) is 4.93. The molecule has 7 nitrogen and oxygen atoms in total. The molecule has 16 heavy (non-hydrogen) atoms. The van der Waals surface area contributed by atoms with Crippen molar-refractivity contribution in [1.29, 1.82) is 0 Å². The SMILES string of the molecule is CC(CO)S(=O)(=O)N1CCn2cnnc2C1. The number of fused-ring (bicyclic) bond motifs is 1. The summed E-state index contributed by atoms with van der Waals surface area (Å²) < 4.78 is 27.1. The van der Waals surface area contributed by atoms with Crippen molar-refractivity contribution in [2.75, 3.05) is 13.2 Å². The highest BCUT2D eigenvalue weighted by Crippen LogP contribution is 2.16. The van der Waals surface area contributed by atoms with Crippen LogP contribution < -0.4 is 0 Å². The number of aromatic nitrogens is 3. The molecule has 1 aliphatic heterocycles. The zero-order valence-electron chi connectivity index (χ0n) is 8.94. The van der Waals surface area contributed by atoms with Gasteiger partial charge in [0, 0.05) is 13.1 Å². The second-order valence-electron chi connectivity index (χ2n) is 3.81. The predicted octanol–water partition coefficient (Wildman–Crippen LogP) is -1.20. The lowest BCUT2D eigenvalue weighted by Crippen LogP contribution is -2.43. The number of aliphatic hydroxyl groups is 1. The zero-order valence-corrected chi connectivity index (χ0v) is 9.76. The molecule has 8 heteroatoms. The monoisotopic (exact) mass is 246 g/mol. The summed E-state index contributed by atoms with van der Waals surface area (Å²) >= 11 is 0. The van der Waals surface area contributed by atoms with Gasteiger partial charge in [-0.2, -0.15) is 4.31 Å². The van der Waals surface area contributed by atoms with Gasteiger partial charge in [-0.25, -0.2) is 8.42 Å². The molecule has 1 N–H and O–H groups in total. The van der Waals surface area contributed by atoms with E-state index in [0.29, 0.717) is 18.9 Å². The molecule has 0 bridgehead atoms. The smallest absolute Gasteiger partial charge is 0.219 e. The van der Waals surface area contributed by atoms with Gasteiger partial charge in [-0.15, -0.1) is 10.2 Å². The number of hydrogen-bond acceptors (Lipinski definition) is 5. The minimum atomic E-state index is -3.43. The van der Waals surface area contributed by atoms with Crippen molar-refractivity contribution in [2.45, 2.75) is 25.3 Å². The minimum Gasteiger partial charge on any atom is -0.395 e. The molecular weight excluding hydrogens is 232 g/mol. The Kier molecular flexibility index (Phi) is 2.96. The molecule has 0 saturated heterocycles. The van der Waals surface area contributed by atoms with Crippen LogP contribution in [-0.4, -0.2) is 51.0 Å². The van der Waals surface area contributed by atoms with Crippen molar-refractivity contribution in [3.8, 4) is 0 Å². The Hall–Kier alpha value is -0.990. The second-order valence-corrected chi connectivity index (χ2v) is 6.16. The lowest BCUT2D eigenvalue weighted by atomic mass is 10.4. The van der Waals surface area contributed by atoms with E-state index in [1.165, 1.54) is 11.2 Å². The molecule has 0 aliphatic carbocycles. The highest BCUT2D eigenvalue weighted by Gasteiger charge is 2.31. The average molecular weight is 246 g/mol. The van der Waals surface area contributed by atoms with E-state index in [1.54, 1.807) is 6.33 Å². The molecule has 1 aliphatic rings. The molecular formula is C8H14N4O3S. The highest BCUT2D eigenvalue weighted by molar-refractivity contribution is 7.89. The van der Waals surface area contributed by atoms with Gasteiger partial charge < -0.3 is 9.67 Å². The lowest BCUT2D eigenvalue weighted by molar-refractivity contribution is 0.281. The third kappa shape index (κ3) is 1.83. The van der Waals surface area contributed by atoms with Gasteiger partial charge in [-0.1, -0.05) is 0 Å². The van der Waals surface area contributed by atoms with Gasteiger partial charge in [-0.05, 0) is 6.92 Å². The Morgan fingerprint density at radius 1 is 1.56 bits per heavy atom. The number of nitrogens with zero attached hydrogens (tertiary/aromatic N) is 4. The largest absolute Gasteiger partial charge is 0.395 e. The Morgan fingerprint density at radius 2 is 2.31 bits per heavy atom. The van der Waals surface area contributed by atoms with E-state index in [0.717, 1.165) is 0 Å². The molecule has 1 aromatic heterocycles. The summed E-state index contributed by atoms with van der Waals surface area (Å²) in [5.74, 6) is 0.639. The van der Waals surface area contributed by atoms with Crippen molar-refractivity contribution in [3.63, 3.8) is 0 Å². The van der Waals surface area contributed by atoms with Gasteiger partial charge >= 0.3 is 0 Å². The normalized spacial score (nSPS) is 19.4. The standard InChI is InChI=1S/C8H14N4O3S/c1-7(5-13)16(14,15)12-3-2-11-6-9-10-8(11)4-12/h6-7,13H,2-5H2,1H3. The fourth-order valence-electron chi connectivity index (χ4n) is 1.61. The summed E-state index contributed by atoms with van der Waals surface area (Å²) in [7, 11) is -3.43. The molecule has 1 unspecified atom stereocenters. The predicted molar refractivity (Wildman–Crippen MR) is 55.9 cm³/mol. The van der Waals surface area contributed by atoms with Crippen molar-refractivity contribution >= 4 is 10.0 Å². The van der Waals surface area contributed by atoms with Crippen molar-refractivity contribution in [1.82, 2.24) is 19.1 Å². The molecule has 1 atom stereocenters. The van der Waals surface area contributed by atoms with Gasteiger partial charge in [0.2, 0.25) is 10.0 Å². The van der Waals surface area contributed by atoms with Gasteiger partial charge in [0.15, 0.2) is 0 Å². The van der Waals surface area contributed by atoms with Crippen LogP contribution in [0.4, 0.5) is 0 Å². The van der Waals surface area contributed by atoms with E-state index >= 15 is 0 Å². The van der Waals surface area contributed by atoms with Crippen LogP contribution in [-0.2, 0) is 23.1 Å². The summed E-state index contributed by atoms with van der Waals surface area (Å²) in [6.07, 6.45) is 1.59. The van der Waals surface area contributed by atoms with E-state index in [9.17, 15) is 8.42 Å². The Bertz CT molecular complexity index is 469. The molecule has 0 aromatic carbocycles. The molecule has 0 radical (unpaired) electrons. The van der Waals surface area contributed by atoms with Crippen LogP contribution in [0.5, 0.6) is 0 Å². The topological polar surface area (TPSA) is 88.3 Å². The third-order valence-electron chi connectivity index (χ3n) is 2.73. The number of hydrogen-bond donors (Lipinski definition) is 1. The quantitative estimate of drug-likeness (QED) is 0.724. The number of rotatable bonds is 3. The lowest BCUT2D eigenvalue weighted by Gasteiger charge is -2.28. The van der Waals surface area contributed by atoms with Crippen LogP contribution in [0.25, 0.3) is 0 Å². The maximum Gasteiger partial charge on any atom is 0.219 e. The van der Waals surface area contributed by atoms with Gasteiger partial charge in [0.05, 0.1) is 18.4 Å². The summed E-state index contributed by atoms with van der Waals surface area (Å²) in [5, 5.41) is 15.7. The van der Waals surface area contributed by atoms with Gasteiger partial charge in [-0.3, -0.25) is 0 Å². The van der Waals surface area contributed by atoms with Crippen LogP contribution in [0.1, 0.15) is 12.7 Å². The molecule has 0 spiro atoms. The van der Waals surface area contributed by atoms with Crippen LogP contribution in [0.2, 0.25) is 0 Å². The van der Waals surface area contributed by atoms with E-state index in [1.807, 2.05) is 4.57 Å². The van der Waals surface area contributed by atoms with Crippen LogP contribution in [0.3, 0.4) is 0 Å². The molecule has 90 valence electrons. The second kappa shape index (κ2) is 4.11. The molecule has 0 amide bonds. The first-order chi connectivity index (χ1) is 7.55. The van der Waals surface area contributed by atoms with Crippen LogP contribution in [0.15, 0.2) is 6.33 Å². The fourth-order valence-corrected chi connectivity index (χ4v) is 2.94. The molecule has 2 heterocycles. The van der Waals surface area contributed by atoms with E-state index in [2.05, 4.69) is 10.2 Å². The first-order valence-corrected chi connectivity index (χ1v) is 6.52. The maximum atomic E-state index is 12.0. The summed E-state index contributed by atoms with van der Waals surface area (Å²) in [6, 6.07) is 0. The summed E-state index contributed by atoms with van der Waals surface area (Å²) in [4.78, 5) is 0. The Balaban J connectivity index is 2.21. The number of aliphatic hydroxyl groups excluding tert-OH is 1. The molecule has 0 fully saturated rings. The van der Waals surface area contributed by atoms with Gasteiger partial charge in [0.25, 0.3) is 0 Å². The Labute approximate surface area is 93.8 Å². The van der Waals surface area contributed by atoms with Crippen molar-refractivity contribution in [2.24, 2.45) is 0 Å². The summed E-state index contributed by atoms with van der Waals surface area (Å²) in [6.45, 7) is 2.31. The van der Waals surface area contributed by atoms with E-state index in [-0.39, 0.29) is 13.2 Å². The maximum absolute atomic E-state index is 12.0. The molecule has 1 aromatic rings.